The van der Waals surface area contributed by atoms with E-state index in [1.54, 1.807) is 0 Å². The smallest absolute Gasteiger partial charge is 0.0576 e. The topological polar surface area (TPSA) is 20.2 Å². The molecule has 0 spiro atoms. The lowest BCUT2D eigenvalue weighted by Crippen LogP contribution is -2.27. The molecule has 1 N–H and O–H groups in total. The van der Waals surface area contributed by atoms with Crippen LogP contribution in [0.3, 0.4) is 0 Å². The van der Waals surface area contributed by atoms with Crippen LogP contribution in [0.15, 0.2) is 0 Å². The number of aliphatic hydroxyl groups excluding tert-OH is 1. The summed E-state index contributed by atoms with van der Waals surface area (Å²) in [6.45, 7) is 6.73. The van der Waals surface area contributed by atoms with Crippen molar-refractivity contribution in [2.75, 3.05) is 5.75 Å². The third kappa shape index (κ3) is 4.37. The second-order valence-electron chi connectivity index (χ2n) is 5.04. The minimum absolute atomic E-state index is 0.0244. The Balaban J connectivity index is 2.27. The summed E-state index contributed by atoms with van der Waals surface area (Å²) in [5, 5.41) is 9.75. The Bertz CT molecular complexity index is 151. The van der Waals surface area contributed by atoms with Crippen LogP contribution in [-0.4, -0.2) is 21.7 Å². The summed E-state index contributed by atoms with van der Waals surface area (Å²) < 4.78 is 0.344. The third-order valence-electron chi connectivity index (χ3n) is 2.60. The fraction of sp³-hybridized carbons (Fsp3) is 1.00. The lowest BCUT2D eigenvalue weighted by molar-refractivity contribution is 0.0815. The van der Waals surface area contributed by atoms with Gasteiger partial charge in [0.05, 0.1) is 6.10 Å². The summed E-state index contributed by atoms with van der Waals surface area (Å²) >= 11 is 1.98. The first-order chi connectivity index (χ1) is 5.99. The van der Waals surface area contributed by atoms with Gasteiger partial charge in [-0.3, -0.25) is 0 Å². The minimum Gasteiger partial charge on any atom is -0.393 e. The van der Waals surface area contributed by atoms with E-state index in [2.05, 4.69) is 20.8 Å². The Kier molecular flexibility index (Phi) is 4.11. The van der Waals surface area contributed by atoms with E-state index in [0.717, 1.165) is 12.2 Å². The third-order valence-corrected chi connectivity index (χ3v) is 4.06. The van der Waals surface area contributed by atoms with Crippen molar-refractivity contribution in [3.05, 3.63) is 0 Å². The van der Waals surface area contributed by atoms with Crippen molar-refractivity contribution in [1.29, 1.82) is 0 Å². The summed E-state index contributed by atoms with van der Waals surface area (Å²) in [5.41, 5.74) is 0. The molecular weight excluding hydrogens is 180 g/mol. The average Bonchev–Trinajstić information content (AvgIpc) is 2.01. The molecule has 0 amide bonds. The average molecular weight is 202 g/mol. The molecule has 2 unspecified atom stereocenters. The van der Waals surface area contributed by atoms with Gasteiger partial charge in [-0.05, 0) is 24.5 Å². The Morgan fingerprint density at radius 2 is 1.85 bits per heavy atom. The van der Waals surface area contributed by atoms with Gasteiger partial charge < -0.3 is 5.11 Å². The predicted molar refractivity (Wildman–Crippen MR) is 60.2 cm³/mol. The Labute approximate surface area is 86.3 Å². The summed E-state index contributed by atoms with van der Waals surface area (Å²) in [5.74, 6) is 1.68. The molecule has 78 valence electrons. The molecule has 0 aliphatic heterocycles. The van der Waals surface area contributed by atoms with E-state index < -0.39 is 0 Å². The number of aliphatic hydroxyl groups is 1. The standard InChI is InChI=1S/C11H22OS/c1-11(2,3)13-8-9-6-4-5-7-10(9)12/h9-10,12H,4-8H2,1-3H3. The Hall–Kier alpha value is 0.310. The lowest BCUT2D eigenvalue weighted by atomic mass is 9.88. The zero-order valence-corrected chi connectivity index (χ0v) is 9.86. The van der Waals surface area contributed by atoms with Crippen LogP contribution < -0.4 is 0 Å². The first-order valence-corrected chi connectivity index (χ1v) is 6.29. The van der Waals surface area contributed by atoms with Crippen LogP contribution in [0, 0.1) is 5.92 Å². The molecule has 0 bridgehead atoms. The van der Waals surface area contributed by atoms with Gasteiger partial charge in [-0.1, -0.05) is 33.6 Å². The van der Waals surface area contributed by atoms with Gasteiger partial charge in [-0.15, -0.1) is 0 Å². The van der Waals surface area contributed by atoms with Crippen molar-refractivity contribution in [2.45, 2.75) is 57.3 Å². The minimum atomic E-state index is -0.0244. The lowest BCUT2D eigenvalue weighted by Gasteiger charge is -2.29. The summed E-state index contributed by atoms with van der Waals surface area (Å²) in [6, 6.07) is 0. The monoisotopic (exact) mass is 202 g/mol. The Morgan fingerprint density at radius 1 is 1.23 bits per heavy atom. The van der Waals surface area contributed by atoms with Gasteiger partial charge in [0, 0.05) is 4.75 Å². The number of hydrogen-bond acceptors (Lipinski definition) is 2. The van der Waals surface area contributed by atoms with E-state index in [-0.39, 0.29) is 6.10 Å². The highest BCUT2D eigenvalue weighted by molar-refractivity contribution is 8.00. The highest BCUT2D eigenvalue weighted by atomic mass is 32.2. The normalized spacial score (nSPS) is 30.5. The van der Waals surface area contributed by atoms with E-state index in [0.29, 0.717) is 10.7 Å². The van der Waals surface area contributed by atoms with Gasteiger partial charge in [0.25, 0.3) is 0 Å². The molecule has 1 aliphatic rings. The predicted octanol–water partition coefficient (Wildman–Crippen LogP) is 3.07. The van der Waals surface area contributed by atoms with E-state index in [4.69, 9.17) is 0 Å². The quantitative estimate of drug-likeness (QED) is 0.742. The zero-order chi connectivity index (χ0) is 9.90. The van der Waals surface area contributed by atoms with Gasteiger partial charge >= 0.3 is 0 Å². The molecule has 0 radical (unpaired) electrons. The van der Waals surface area contributed by atoms with Gasteiger partial charge in [0.15, 0.2) is 0 Å². The van der Waals surface area contributed by atoms with E-state index in [1.807, 2.05) is 11.8 Å². The molecule has 1 saturated carbocycles. The van der Waals surface area contributed by atoms with Crippen molar-refractivity contribution in [1.82, 2.24) is 0 Å². The largest absolute Gasteiger partial charge is 0.393 e. The molecule has 0 aromatic carbocycles. The van der Waals surface area contributed by atoms with Gasteiger partial charge in [-0.2, -0.15) is 11.8 Å². The van der Waals surface area contributed by atoms with Crippen molar-refractivity contribution >= 4 is 11.8 Å². The zero-order valence-electron chi connectivity index (χ0n) is 9.05. The molecule has 1 aliphatic carbocycles. The van der Waals surface area contributed by atoms with Crippen LogP contribution >= 0.6 is 11.8 Å². The van der Waals surface area contributed by atoms with Crippen LogP contribution in [-0.2, 0) is 0 Å². The molecule has 1 nitrogen and oxygen atoms in total. The van der Waals surface area contributed by atoms with E-state index in [9.17, 15) is 5.11 Å². The molecule has 2 heteroatoms. The number of rotatable bonds is 2. The van der Waals surface area contributed by atoms with Crippen LogP contribution in [0.25, 0.3) is 0 Å². The molecule has 0 aromatic rings. The molecule has 1 fully saturated rings. The van der Waals surface area contributed by atoms with E-state index in [1.165, 1.54) is 19.3 Å². The summed E-state index contributed by atoms with van der Waals surface area (Å²) in [6.07, 6.45) is 4.76. The molecular formula is C11H22OS. The molecule has 1 rings (SSSR count). The highest BCUT2D eigenvalue weighted by Crippen LogP contribution is 2.32. The number of hydrogen-bond donors (Lipinski definition) is 1. The number of thioether (sulfide) groups is 1. The van der Waals surface area contributed by atoms with Crippen LogP contribution in [0.1, 0.15) is 46.5 Å². The maximum Gasteiger partial charge on any atom is 0.0576 e. The summed E-state index contributed by atoms with van der Waals surface area (Å²) in [7, 11) is 0. The van der Waals surface area contributed by atoms with E-state index >= 15 is 0 Å². The molecule has 13 heavy (non-hydrogen) atoms. The fourth-order valence-electron chi connectivity index (χ4n) is 1.74. The van der Waals surface area contributed by atoms with Crippen molar-refractivity contribution in [2.24, 2.45) is 5.92 Å². The Morgan fingerprint density at radius 3 is 2.38 bits per heavy atom. The van der Waals surface area contributed by atoms with Crippen LogP contribution in [0.4, 0.5) is 0 Å². The fourth-order valence-corrected chi connectivity index (χ4v) is 2.84. The SMILES string of the molecule is CC(C)(C)SCC1CCCCC1O. The maximum absolute atomic E-state index is 9.75. The van der Waals surface area contributed by atoms with Gasteiger partial charge in [0.2, 0.25) is 0 Å². The molecule has 0 heterocycles. The molecule has 2 atom stereocenters. The van der Waals surface area contributed by atoms with Crippen LogP contribution in [0.2, 0.25) is 0 Å². The maximum atomic E-state index is 9.75. The highest BCUT2D eigenvalue weighted by Gasteiger charge is 2.24. The molecule has 0 aromatic heterocycles. The van der Waals surface area contributed by atoms with Crippen molar-refractivity contribution in [3.63, 3.8) is 0 Å². The van der Waals surface area contributed by atoms with Gasteiger partial charge in [-0.25, -0.2) is 0 Å². The second-order valence-corrected chi connectivity index (χ2v) is 6.88. The van der Waals surface area contributed by atoms with Gasteiger partial charge in [0.1, 0.15) is 0 Å². The first-order valence-electron chi connectivity index (χ1n) is 5.31. The van der Waals surface area contributed by atoms with Crippen molar-refractivity contribution in [3.8, 4) is 0 Å². The second kappa shape index (κ2) is 4.70. The van der Waals surface area contributed by atoms with Crippen molar-refractivity contribution < 1.29 is 5.11 Å². The summed E-state index contributed by atoms with van der Waals surface area (Å²) in [4.78, 5) is 0. The first kappa shape index (κ1) is 11.4. The van der Waals surface area contributed by atoms with Crippen LogP contribution in [0.5, 0.6) is 0 Å². The molecule has 0 saturated heterocycles.